The highest BCUT2D eigenvalue weighted by atomic mass is 19.4. The molecule has 0 saturated carbocycles. The Morgan fingerprint density at radius 1 is 1.26 bits per heavy atom. The van der Waals surface area contributed by atoms with Crippen LogP contribution in [0.3, 0.4) is 0 Å². The maximum absolute atomic E-state index is 12.9. The van der Waals surface area contributed by atoms with Crippen molar-refractivity contribution in [3.8, 4) is 6.07 Å². The molecule has 2 rings (SSSR count). The molecule has 0 amide bonds. The Morgan fingerprint density at radius 2 is 1.91 bits per heavy atom. The summed E-state index contributed by atoms with van der Waals surface area (Å²) < 4.78 is 39.7. The van der Waals surface area contributed by atoms with Crippen LogP contribution in [0.2, 0.25) is 0 Å². The first-order valence-corrected chi connectivity index (χ1v) is 6.59. The molecule has 1 heterocycles. The van der Waals surface area contributed by atoms with Gasteiger partial charge < -0.3 is 0 Å². The molecule has 0 saturated heterocycles. The molecular weight excluding hydrogens is 307 g/mol. The van der Waals surface area contributed by atoms with E-state index in [9.17, 15) is 18.0 Å². The van der Waals surface area contributed by atoms with E-state index >= 15 is 0 Å². The van der Waals surface area contributed by atoms with Gasteiger partial charge in [0.15, 0.2) is 0 Å². The van der Waals surface area contributed by atoms with Gasteiger partial charge in [-0.25, -0.2) is 4.68 Å². The maximum Gasteiger partial charge on any atom is 0.417 e. The summed E-state index contributed by atoms with van der Waals surface area (Å²) in [6.45, 7) is 3.20. The molecular formula is C16H12F3N3O. The third kappa shape index (κ3) is 3.31. The number of nitriles is 1. The average molecular weight is 319 g/mol. The van der Waals surface area contributed by atoms with Crippen molar-refractivity contribution in [1.29, 1.82) is 5.26 Å². The molecule has 0 unspecified atom stereocenters. The fourth-order valence-electron chi connectivity index (χ4n) is 2.15. The zero-order chi connectivity index (χ0) is 17.2. The molecule has 0 aliphatic rings. The Labute approximate surface area is 130 Å². The van der Waals surface area contributed by atoms with Crippen LogP contribution < -0.4 is 5.56 Å². The molecule has 0 spiro atoms. The van der Waals surface area contributed by atoms with Crippen molar-refractivity contribution in [3.63, 3.8) is 0 Å². The van der Waals surface area contributed by atoms with Crippen LogP contribution in [0.15, 0.2) is 40.2 Å². The van der Waals surface area contributed by atoms with Crippen molar-refractivity contribution in [2.45, 2.75) is 20.0 Å². The summed E-state index contributed by atoms with van der Waals surface area (Å²) >= 11 is 0. The van der Waals surface area contributed by atoms with Crippen molar-refractivity contribution in [2.24, 2.45) is 5.10 Å². The molecule has 7 heteroatoms. The van der Waals surface area contributed by atoms with Gasteiger partial charge in [0.05, 0.1) is 11.8 Å². The van der Waals surface area contributed by atoms with E-state index in [0.717, 1.165) is 17.0 Å². The minimum Gasteiger partial charge on any atom is -0.266 e. The van der Waals surface area contributed by atoms with Crippen LogP contribution in [0.25, 0.3) is 0 Å². The van der Waals surface area contributed by atoms with Crippen molar-refractivity contribution >= 4 is 6.21 Å². The van der Waals surface area contributed by atoms with Gasteiger partial charge in [-0.1, -0.05) is 18.2 Å². The summed E-state index contributed by atoms with van der Waals surface area (Å²) in [4.78, 5) is 12.1. The fourth-order valence-corrected chi connectivity index (χ4v) is 2.15. The molecule has 0 N–H and O–H groups in total. The zero-order valence-electron chi connectivity index (χ0n) is 12.3. The molecule has 1 aromatic carbocycles. The molecule has 0 aliphatic carbocycles. The van der Waals surface area contributed by atoms with Crippen molar-refractivity contribution in [3.05, 3.63) is 68.6 Å². The van der Waals surface area contributed by atoms with Crippen molar-refractivity contribution in [2.75, 3.05) is 0 Å². The minimum atomic E-state index is -4.52. The van der Waals surface area contributed by atoms with Crippen LogP contribution in [-0.4, -0.2) is 10.9 Å². The quantitative estimate of drug-likeness (QED) is 0.798. The monoisotopic (exact) mass is 319 g/mol. The molecule has 118 valence electrons. The Hall–Kier alpha value is -2.88. The summed E-state index contributed by atoms with van der Waals surface area (Å²) in [7, 11) is 0. The Kier molecular flexibility index (Phi) is 4.36. The van der Waals surface area contributed by atoms with E-state index in [-0.39, 0.29) is 11.1 Å². The van der Waals surface area contributed by atoms with Gasteiger partial charge in [0, 0.05) is 11.3 Å². The number of hydrogen-bond acceptors (Lipinski definition) is 3. The number of rotatable bonds is 2. The molecule has 23 heavy (non-hydrogen) atoms. The lowest BCUT2D eigenvalue weighted by Crippen LogP contribution is -2.23. The number of aromatic nitrogens is 1. The first kappa shape index (κ1) is 16.5. The largest absolute Gasteiger partial charge is 0.417 e. The zero-order valence-corrected chi connectivity index (χ0v) is 12.3. The van der Waals surface area contributed by atoms with Crippen LogP contribution in [0.4, 0.5) is 13.2 Å². The van der Waals surface area contributed by atoms with Crippen LogP contribution in [0, 0.1) is 25.2 Å². The summed E-state index contributed by atoms with van der Waals surface area (Å²) in [6.07, 6.45) is -3.55. The third-order valence-corrected chi connectivity index (χ3v) is 3.25. The Morgan fingerprint density at radius 3 is 2.52 bits per heavy atom. The number of alkyl halides is 3. The predicted molar refractivity (Wildman–Crippen MR) is 79.3 cm³/mol. The standard InChI is InChI=1S/C16H12F3N3O/c1-10-7-11(2)22(15(23)13(10)8-20)21-9-12-5-3-4-6-14(12)16(17,18)19/h3-7,9H,1-2H3. The number of pyridine rings is 1. The van der Waals surface area contributed by atoms with Gasteiger partial charge in [0.25, 0.3) is 5.56 Å². The summed E-state index contributed by atoms with van der Waals surface area (Å²) in [5.41, 5.74) is -0.834. The van der Waals surface area contributed by atoms with Crippen molar-refractivity contribution in [1.82, 2.24) is 4.68 Å². The van der Waals surface area contributed by atoms with Gasteiger partial charge in [0.1, 0.15) is 11.6 Å². The second-order valence-corrected chi connectivity index (χ2v) is 4.90. The Balaban J connectivity index is 2.56. The van der Waals surface area contributed by atoms with Gasteiger partial charge in [-0.05, 0) is 31.5 Å². The van der Waals surface area contributed by atoms with Gasteiger partial charge in [-0.2, -0.15) is 23.5 Å². The number of hydrogen-bond donors (Lipinski definition) is 0. The first-order chi connectivity index (χ1) is 10.8. The van der Waals surface area contributed by atoms with Gasteiger partial charge >= 0.3 is 6.18 Å². The molecule has 2 aromatic rings. The minimum absolute atomic E-state index is 0.0862. The second-order valence-electron chi connectivity index (χ2n) is 4.90. The second kappa shape index (κ2) is 6.08. The molecule has 0 bridgehead atoms. The smallest absolute Gasteiger partial charge is 0.266 e. The average Bonchev–Trinajstić information content (AvgIpc) is 2.46. The highest BCUT2D eigenvalue weighted by Crippen LogP contribution is 2.31. The summed E-state index contributed by atoms with van der Waals surface area (Å²) in [5, 5.41) is 12.8. The van der Waals surface area contributed by atoms with E-state index in [1.54, 1.807) is 26.0 Å². The Bertz CT molecular complexity index is 874. The molecule has 0 radical (unpaired) electrons. The molecule has 0 atom stereocenters. The van der Waals surface area contributed by atoms with Crippen LogP contribution in [0.5, 0.6) is 0 Å². The van der Waals surface area contributed by atoms with Crippen LogP contribution in [0.1, 0.15) is 27.9 Å². The van der Waals surface area contributed by atoms with E-state index in [4.69, 9.17) is 5.26 Å². The normalized spacial score (nSPS) is 11.7. The number of nitrogens with zero attached hydrogens (tertiary/aromatic N) is 3. The molecule has 0 aliphatic heterocycles. The topological polar surface area (TPSA) is 58.1 Å². The first-order valence-electron chi connectivity index (χ1n) is 6.59. The van der Waals surface area contributed by atoms with E-state index in [1.807, 2.05) is 0 Å². The number of halogens is 3. The van der Waals surface area contributed by atoms with E-state index in [0.29, 0.717) is 11.3 Å². The van der Waals surface area contributed by atoms with Gasteiger partial charge in [-0.3, -0.25) is 4.79 Å². The molecule has 1 aromatic heterocycles. The number of benzene rings is 1. The van der Waals surface area contributed by atoms with Crippen LogP contribution >= 0.6 is 0 Å². The highest BCUT2D eigenvalue weighted by Gasteiger charge is 2.32. The molecule has 4 nitrogen and oxygen atoms in total. The van der Waals surface area contributed by atoms with Crippen LogP contribution in [-0.2, 0) is 6.18 Å². The molecule has 0 fully saturated rings. The highest BCUT2D eigenvalue weighted by molar-refractivity contribution is 5.82. The predicted octanol–water partition coefficient (Wildman–Crippen LogP) is 3.24. The van der Waals surface area contributed by atoms with Crippen molar-refractivity contribution < 1.29 is 13.2 Å². The lowest BCUT2D eigenvalue weighted by Gasteiger charge is -2.10. The lowest BCUT2D eigenvalue weighted by atomic mass is 10.1. The maximum atomic E-state index is 12.9. The SMILES string of the molecule is Cc1cc(C)n(N=Cc2ccccc2C(F)(F)F)c(=O)c1C#N. The van der Waals surface area contributed by atoms with E-state index in [1.165, 1.54) is 18.2 Å². The number of aryl methyl sites for hydroxylation is 2. The fraction of sp³-hybridized carbons (Fsp3) is 0.188. The lowest BCUT2D eigenvalue weighted by molar-refractivity contribution is -0.137. The van der Waals surface area contributed by atoms with E-state index in [2.05, 4.69) is 5.10 Å². The van der Waals surface area contributed by atoms with E-state index < -0.39 is 17.3 Å². The van der Waals surface area contributed by atoms with Gasteiger partial charge in [0.2, 0.25) is 0 Å². The van der Waals surface area contributed by atoms with Gasteiger partial charge in [-0.15, -0.1) is 0 Å². The summed E-state index contributed by atoms with van der Waals surface area (Å²) in [5.74, 6) is 0. The third-order valence-electron chi connectivity index (χ3n) is 3.25. The summed E-state index contributed by atoms with van der Waals surface area (Å²) in [6, 6.07) is 8.27.